The Labute approximate surface area is 116 Å². The first-order chi connectivity index (χ1) is 9.90. The van der Waals surface area contributed by atoms with Crippen molar-refractivity contribution in [3.05, 3.63) is 67.0 Å². The maximum atomic E-state index is 4.62. The lowest BCUT2D eigenvalue weighted by Crippen LogP contribution is -1.88. The number of hydrogen-bond donors (Lipinski definition) is 0. The van der Waals surface area contributed by atoms with Crippen LogP contribution >= 0.6 is 0 Å². The molecule has 3 nitrogen and oxygen atoms in total. The van der Waals surface area contributed by atoms with Gasteiger partial charge in [0.15, 0.2) is 0 Å². The first-order valence-corrected chi connectivity index (χ1v) is 6.40. The van der Waals surface area contributed by atoms with Crippen LogP contribution in [0.4, 0.5) is 0 Å². The highest BCUT2D eigenvalue weighted by Gasteiger charge is 2.04. The summed E-state index contributed by atoms with van der Waals surface area (Å²) in [5.74, 6) is 0. The van der Waals surface area contributed by atoms with Crippen LogP contribution in [0.25, 0.3) is 33.2 Å². The molecule has 1 aromatic carbocycles. The molecule has 0 saturated carbocycles. The van der Waals surface area contributed by atoms with Crippen molar-refractivity contribution in [3.8, 4) is 11.3 Å². The molecule has 0 unspecified atom stereocenters. The Hall–Kier alpha value is -2.81. The maximum absolute atomic E-state index is 4.62. The minimum absolute atomic E-state index is 0.865. The normalized spacial score (nSPS) is 11.0. The van der Waals surface area contributed by atoms with Crippen LogP contribution in [0.15, 0.2) is 60.8 Å². The van der Waals surface area contributed by atoms with E-state index in [1.54, 1.807) is 6.20 Å². The van der Waals surface area contributed by atoms with Crippen LogP contribution in [-0.2, 0) is 0 Å². The van der Waals surface area contributed by atoms with Gasteiger partial charge >= 0.3 is 0 Å². The first kappa shape index (κ1) is 11.1. The van der Waals surface area contributed by atoms with Crippen molar-refractivity contribution in [1.82, 2.24) is 15.0 Å². The molecule has 0 saturated heterocycles. The third-order valence-corrected chi connectivity index (χ3v) is 3.27. The molecule has 93 valence electrons. The Morgan fingerprint density at radius 1 is 0.800 bits per heavy atom. The summed E-state index contributed by atoms with van der Waals surface area (Å²) in [7, 11) is 0. The average Bonchev–Trinajstić information content (AvgIpc) is 2.54. The fourth-order valence-corrected chi connectivity index (χ4v) is 2.26. The predicted octanol–water partition coefficient (Wildman–Crippen LogP) is 3.65. The van der Waals surface area contributed by atoms with Gasteiger partial charge in [-0.1, -0.05) is 18.2 Å². The molecule has 0 N–H and O–H groups in total. The van der Waals surface area contributed by atoms with E-state index in [0.717, 1.165) is 33.2 Å². The minimum Gasteiger partial charge on any atom is -0.255 e. The van der Waals surface area contributed by atoms with Crippen molar-refractivity contribution in [3.63, 3.8) is 0 Å². The van der Waals surface area contributed by atoms with Crippen LogP contribution in [0.5, 0.6) is 0 Å². The van der Waals surface area contributed by atoms with Gasteiger partial charge in [0.1, 0.15) is 0 Å². The highest BCUT2D eigenvalue weighted by Crippen LogP contribution is 2.22. The molecule has 0 spiro atoms. The van der Waals surface area contributed by atoms with Crippen molar-refractivity contribution >= 4 is 21.9 Å². The molecule has 0 aliphatic rings. The molecule has 0 amide bonds. The number of nitrogens with zero attached hydrogens (tertiary/aromatic N) is 3. The lowest BCUT2D eigenvalue weighted by Gasteiger charge is -2.03. The minimum atomic E-state index is 0.865. The van der Waals surface area contributed by atoms with Gasteiger partial charge in [0.2, 0.25) is 0 Å². The van der Waals surface area contributed by atoms with Crippen LogP contribution in [0.1, 0.15) is 0 Å². The predicted molar refractivity (Wildman–Crippen MR) is 79.1 cm³/mol. The first-order valence-electron chi connectivity index (χ1n) is 6.40. The largest absolute Gasteiger partial charge is 0.255 e. The molecule has 3 aromatic heterocycles. The number of rotatable bonds is 1. The van der Waals surface area contributed by atoms with Gasteiger partial charge in [0, 0.05) is 17.1 Å². The summed E-state index contributed by atoms with van der Waals surface area (Å²) in [6, 6.07) is 17.8. The van der Waals surface area contributed by atoms with E-state index in [4.69, 9.17) is 0 Å². The molecule has 0 bridgehead atoms. The SMILES string of the molecule is [c]1nc2ccccc2cc1-c1ccc2ncccc2n1. The topological polar surface area (TPSA) is 38.7 Å². The molecule has 0 aliphatic heterocycles. The summed E-state index contributed by atoms with van der Waals surface area (Å²) >= 11 is 0. The smallest absolute Gasteiger partial charge is 0.0995 e. The van der Waals surface area contributed by atoms with E-state index in [-0.39, 0.29) is 0 Å². The molecular formula is C17H10N3. The Morgan fingerprint density at radius 2 is 1.70 bits per heavy atom. The highest BCUT2D eigenvalue weighted by atomic mass is 14.8. The third kappa shape index (κ3) is 1.80. The number of hydrogen-bond acceptors (Lipinski definition) is 3. The fraction of sp³-hybridized carbons (Fsp3) is 0. The van der Waals surface area contributed by atoms with Crippen LogP contribution < -0.4 is 0 Å². The van der Waals surface area contributed by atoms with E-state index in [0.29, 0.717) is 0 Å². The maximum Gasteiger partial charge on any atom is 0.0995 e. The zero-order valence-corrected chi connectivity index (χ0v) is 10.6. The Bertz CT molecular complexity index is 838. The molecule has 20 heavy (non-hydrogen) atoms. The van der Waals surface area contributed by atoms with Gasteiger partial charge in [-0.05, 0) is 36.4 Å². The third-order valence-electron chi connectivity index (χ3n) is 3.27. The molecule has 0 fully saturated rings. The van der Waals surface area contributed by atoms with Gasteiger partial charge in [-0.2, -0.15) is 0 Å². The summed E-state index contributed by atoms with van der Waals surface area (Å²) in [6.07, 6.45) is 4.83. The summed E-state index contributed by atoms with van der Waals surface area (Å²) in [5, 5.41) is 1.09. The van der Waals surface area contributed by atoms with Gasteiger partial charge in [0.05, 0.1) is 28.4 Å². The van der Waals surface area contributed by atoms with E-state index in [2.05, 4.69) is 27.2 Å². The van der Waals surface area contributed by atoms with Crippen LogP contribution in [0.2, 0.25) is 0 Å². The number of fused-ring (bicyclic) bond motifs is 2. The number of para-hydroxylation sites is 1. The number of pyridine rings is 3. The van der Waals surface area contributed by atoms with Crippen LogP contribution in [0, 0.1) is 6.20 Å². The Kier molecular flexibility index (Phi) is 2.42. The zero-order chi connectivity index (χ0) is 13.4. The van der Waals surface area contributed by atoms with Crippen molar-refractivity contribution in [2.45, 2.75) is 0 Å². The van der Waals surface area contributed by atoms with E-state index in [1.807, 2.05) is 48.5 Å². The lowest BCUT2D eigenvalue weighted by atomic mass is 10.1. The molecule has 4 rings (SSSR count). The molecule has 1 radical (unpaired) electrons. The monoisotopic (exact) mass is 256 g/mol. The number of benzene rings is 1. The highest BCUT2D eigenvalue weighted by molar-refractivity contribution is 5.84. The van der Waals surface area contributed by atoms with Gasteiger partial charge < -0.3 is 0 Å². The molecule has 4 aromatic rings. The second-order valence-electron chi connectivity index (χ2n) is 4.58. The van der Waals surface area contributed by atoms with Crippen molar-refractivity contribution in [2.24, 2.45) is 0 Å². The van der Waals surface area contributed by atoms with Crippen LogP contribution in [0.3, 0.4) is 0 Å². The van der Waals surface area contributed by atoms with E-state index in [9.17, 15) is 0 Å². The lowest BCUT2D eigenvalue weighted by molar-refractivity contribution is 1.31. The van der Waals surface area contributed by atoms with Crippen molar-refractivity contribution < 1.29 is 0 Å². The van der Waals surface area contributed by atoms with E-state index < -0.39 is 0 Å². The summed E-state index contributed by atoms with van der Waals surface area (Å²) in [6.45, 7) is 0. The Balaban J connectivity index is 1.91. The zero-order valence-electron chi connectivity index (χ0n) is 10.6. The van der Waals surface area contributed by atoms with E-state index in [1.165, 1.54) is 0 Å². The van der Waals surface area contributed by atoms with Crippen molar-refractivity contribution in [2.75, 3.05) is 0 Å². The molecule has 3 heterocycles. The fourth-order valence-electron chi connectivity index (χ4n) is 2.26. The van der Waals surface area contributed by atoms with Gasteiger partial charge in [-0.15, -0.1) is 0 Å². The van der Waals surface area contributed by atoms with Crippen LogP contribution in [-0.4, -0.2) is 15.0 Å². The second-order valence-corrected chi connectivity index (χ2v) is 4.58. The molecule has 0 atom stereocenters. The van der Waals surface area contributed by atoms with E-state index >= 15 is 0 Å². The summed E-state index contributed by atoms with van der Waals surface area (Å²) in [5.41, 5.74) is 4.48. The molecular weight excluding hydrogens is 246 g/mol. The average molecular weight is 256 g/mol. The molecule has 0 aliphatic carbocycles. The summed E-state index contributed by atoms with van der Waals surface area (Å²) in [4.78, 5) is 13.3. The Morgan fingerprint density at radius 3 is 2.70 bits per heavy atom. The standard InChI is InChI=1S/C17H10N3/c1-2-5-14-12(4-1)10-13(11-19-14)15-7-8-16-17(20-15)6-3-9-18-16/h1-10H. The number of aromatic nitrogens is 3. The molecule has 3 heteroatoms. The van der Waals surface area contributed by atoms with Gasteiger partial charge in [-0.25, -0.2) is 9.97 Å². The van der Waals surface area contributed by atoms with Gasteiger partial charge in [0.25, 0.3) is 0 Å². The van der Waals surface area contributed by atoms with Crippen molar-refractivity contribution in [1.29, 1.82) is 0 Å². The van der Waals surface area contributed by atoms with Gasteiger partial charge in [-0.3, -0.25) is 4.98 Å². The second kappa shape index (κ2) is 4.38. The summed E-state index contributed by atoms with van der Waals surface area (Å²) < 4.78 is 0. The quantitative estimate of drug-likeness (QED) is 0.522.